The quantitative estimate of drug-likeness (QED) is 0.324. The van der Waals surface area contributed by atoms with Crippen molar-refractivity contribution in [3.05, 3.63) is 28.2 Å². The van der Waals surface area contributed by atoms with Crippen LogP contribution >= 0.6 is 15.9 Å². The van der Waals surface area contributed by atoms with Crippen LogP contribution in [0.5, 0.6) is 0 Å². The Hall–Kier alpha value is -1.31. The van der Waals surface area contributed by atoms with Crippen LogP contribution < -0.4 is 10.6 Å². The van der Waals surface area contributed by atoms with E-state index in [4.69, 9.17) is 20.4 Å². The lowest BCUT2D eigenvalue weighted by Crippen LogP contribution is -2.33. The molecule has 0 radical (unpaired) electrons. The molecule has 3 N–H and O–H groups in total. The van der Waals surface area contributed by atoms with E-state index in [1.165, 1.54) is 0 Å². The number of anilines is 1. The Bertz CT molecular complexity index is 446. The van der Waals surface area contributed by atoms with Crippen molar-refractivity contribution in [1.29, 1.82) is 0 Å². The van der Waals surface area contributed by atoms with Crippen molar-refractivity contribution in [3.63, 3.8) is 0 Å². The number of oxime groups is 1. The number of amidine groups is 1. The van der Waals surface area contributed by atoms with E-state index in [1.54, 1.807) is 14.2 Å². The molecule has 6 nitrogen and oxygen atoms in total. The highest BCUT2D eigenvalue weighted by Crippen LogP contribution is 2.27. The van der Waals surface area contributed by atoms with Crippen molar-refractivity contribution in [3.8, 4) is 0 Å². The lowest BCUT2D eigenvalue weighted by molar-refractivity contribution is 0.190. The average Bonchev–Trinajstić information content (AvgIpc) is 2.46. The van der Waals surface area contributed by atoms with Crippen LogP contribution in [0.3, 0.4) is 0 Å². The average molecular weight is 346 g/mol. The predicted octanol–water partition coefficient (Wildman–Crippen LogP) is 1.64. The predicted molar refractivity (Wildman–Crippen MR) is 82.6 cm³/mol. The van der Waals surface area contributed by atoms with E-state index in [1.807, 2.05) is 18.2 Å². The van der Waals surface area contributed by atoms with E-state index < -0.39 is 0 Å². The number of hydrogen-bond donors (Lipinski definition) is 2. The molecule has 0 fully saturated rings. The Balaban J connectivity index is 3.14. The van der Waals surface area contributed by atoms with Crippen molar-refractivity contribution in [1.82, 2.24) is 0 Å². The first-order chi connectivity index (χ1) is 9.65. The number of methoxy groups -OCH3 is 2. The number of benzene rings is 1. The molecule has 1 aromatic rings. The molecule has 1 aromatic carbocycles. The van der Waals surface area contributed by atoms with E-state index in [2.05, 4.69) is 26.0 Å². The highest BCUT2D eigenvalue weighted by molar-refractivity contribution is 9.10. The van der Waals surface area contributed by atoms with Gasteiger partial charge in [-0.3, -0.25) is 0 Å². The highest BCUT2D eigenvalue weighted by atomic mass is 79.9. The third kappa shape index (κ3) is 4.36. The molecule has 0 unspecified atom stereocenters. The van der Waals surface area contributed by atoms with E-state index in [9.17, 15) is 0 Å². The van der Waals surface area contributed by atoms with Crippen LogP contribution in [-0.4, -0.2) is 51.6 Å². The Morgan fingerprint density at radius 2 is 1.90 bits per heavy atom. The fourth-order valence-electron chi connectivity index (χ4n) is 1.84. The summed E-state index contributed by atoms with van der Waals surface area (Å²) < 4.78 is 11.0. The molecular formula is C13H20BrN3O3. The molecule has 0 amide bonds. The first kappa shape index (κ1) is 16.7. The Kier molecular flexibility index (Phi) is 7.35. The standard InChI is InChI=1S/C13H20BrN3O3/c1-19-8-6-17(7-9-20-2)11-5-3-4-10(14)12(11)13(15)16-18/h3-5,18H,6-9H2,1-2H3,(H2,15,16). The van der Waals surface area contributed by atoms with Gasteiger partial charge in [0.2, 0.25) is 0 Å². The van der Waals surface area contributed by atoms with Crippen LogP contribution in [0.2, 0.25) is 0 Å². The summed E-state index contributed by atoms with van der Waals surface area (Å²) in [5.74, 6) is 0.0623. The van der Waals surface area contributed by atoms with Crippen LogP contribution in [0.1, 0.15) is 5.56 Å². The van der Waals surface area contributed by atoms with Crippen LogP contribution in [0.15, 0.2) is 27.8 Å². The normalized spacial score (nSPS) is 11.7. The van der Waals surface area contributed by atoms with Crippen LogP contribution in [0.25, 0.3) is 0 Å². The minimum Gasteiger partial charge on any atom is -0.409 e. The van der Waals surface area contributed by atoms with Gasteiger partial charge in [-0.25, -0.2) is 0 Å². The number of rotatable bonds is 8. The summed E-state index contributed by atoms with van der Waals surface area (Å²) in [6.45, 7) is 2.52. The van der Waals surface area contributed by atoms with Gasteiger partial charge in [0.25, 0.3) is 0 Å². The molecule has 0 aliphatic heterocycles. The van der Waals surface area contributed by atoms with E-state index in [-0.39, 0.29) is 5.84 Å². The lowest BCUT2D eigenvalue weighted by atomic mass is 10.1. The van der Waals surface area contributed by atoms with Gasteiger partial charge >= 0.3 is 0 Å². The number of nitrogens with zero attached hydrogens (tertiary/aromatic N) is 2. The molecular weight excluding hydrogens is 326 g/mol. The van der Waals surface area contributed by atoms with E-state index >= 15 is 0 Å². The van der Waals surface area contributed by atoms with Crippen LogP contribution in [-0.2, 0) is 9.47 Å². The lowest BCUT2D eigenvalue weighted by Gasteiger charge is -2.26. The van der Waals surface area contributed by atoms with E-state index in [0.29, 0.717) is 31.9 Å². The zero-order valence-electron chi connectivity index (χ0n) is 11.7. The number of halogens is 1. The molecule has 0 atom stereocenters. The summed E-state index contributed by atoms with van der Waals surface area (Å²) in [6.07, 6.45) is 0. The molecule has 1 rings (SSSR count). The topological polar surface area (TPSA) is 80.3 Å². The molecule has 0 spiro atoms. The third-order valence-electron chi connectivity index (χ3n) is 2.83. The number of ether oxygens (including phenoxy) is 2. The van der Waals surface area contributed by atoms with Crippen molar-refractivity contribution in [2.24, 2.45) is 10.9 Å². The minimum absolute atomic E-state index is 0.0623. The summed E-state index contributed by atoms with van der Waals surface area (Å²) in [7, 11) is 3.31. The third-order valence-corrected chi connectivity index (χ3v) is 3.49. The van der Waals surface area contributed by atoms with Gasteiger partial charge in [0.1, 0.15) is 0 Å². The smallest absolute Gasteiger partial charge is 0.173 e. The van der Waals surface area contributed by atoms with Crippen molar-refractivity contribution in [2.75, 3.05) is 45.4 Å². The maximum absolute atomic E-state index is 8.95. The van der Waals surface area contributed by atoms with Gasteiger partial charge < -0.3 is 25.3 Å². The van der Waals surface area contributed by atoms with Gasteiger partial charge in [0, 0.05) is 37.5 Å². The van der Waals surface area contributed by atoms with Gasteiger partial charge in [-0.2, -0.15) is 0 Å². The zero-order chi connectivity index (χ0) is 15.0. The first-order valence-electron chi connectivity index (χ1n) is 6.15. The van der Waals surface area contributed by atoms with Gasteiger partial charge in [0.05, 0.1) is 18.8 Å². The number of nitrogens with two attached hydrogens (primary N) is 1. The minimum atomic E-state index is 0.0623. The molecule has 0 heterocycles. The second-order valence-electron chi connectivity index (χ2n) is 4.09. The fourth-order valence-corrected chi connectivity index (χ4v) is 2.39. The molecule has 0 bridgehead atoms. The van der Waals surface area contributed by atoms with Gasteiger partial charge in [-0.1, -0.05) is 11.2 Å². The number of hydrogen-bond acceptors (Lipinski definition) is 5. The maximum Gasteiger partial charge on any atom is 0.173 e. The second kappa shape index (κ2) is 8.78. The van der Waals surface area contributed by atoms with Crippen LogP contribution in [0, 0.1) is 0 Å². The molecule has 112 valence electrons. The summed E-state index contributed by atoms with van der Waals surface area (Å²) >= 11 is 3.43. The molecule has 20 heavy (non-hydrogen) atoms. The maximum atomic E-state index is 8.95. The summed E-state index contributed by atoms with van der Waals surface area (Å²) in [4.78, 5) is 2.07. The van der Waals surface area contributed by atoms with Gasteiger partial charge in [0.15, 0.2) is 5.84 Å². The molecule has 0 aromatic heterocycles. The Morgan fingerprint density at radius 3 is 2.40 bits per heavy atom. The van der Waals surface area contributed by atoms with Crippen molar-refractivity contribution < 1.29 is 14.7 Å². The largest absolute Gasteiger partial charge is 0.409 e. The Morgan fingerprint density at radius 1 is 1.30 bits per heavy atom. The van der Waals surface area contributed by atoms with E-state index in [0.717, 1.165) is 10.2 Å². The molecule has 0 aliphatic carbocycles. The van der Waals surface area contributed by atoms with Crippen molar-refractivity contribution >= 4 is 27.5 Å². The summed E-state index contributed by atoms with van der Waals surface area (Å²) in [5.41, 5.74) is 7.29. The van der Waals surface area contributed by atoms with Crippen LogP contribution in [0.4, 0.5) is 5.69 Å². The monoisotopic (exact) mass is 345 g/mol. The molecule has 7 heteroatoms. The molecule has 0 aliphatic rings. The fraction of sp³-hybridized carbons (Fsp3) is 0.462. The summed E-state index contributed by atoms with van der Waals surface area (Å²) in [6, 6.07) is 5.67. The highest BCUT2D eigenvalue weighted by Gasteiger charge is 2.16. The molecule has 0 saturated carbocycles. The Labute approximate surface area is 127 Å². The SMILES string of the molecule is COCCN(CCOC)c1cccc(Br)c1/C(N)=N/O. The summed E-state index contributed by atoms with van der Waals surface area (Å²) in [5, 5.41) is 12.0. The second-order valence-corrected chi connectivity index (χ2v) is 4.95. The first-order valence-corrected chi connectivity index (χ1v) is 6.94. The van der Waals surface area contributed by atoms with Crippen molar-refractivity contribution in [2.45, 2.75) is 0 Å². The van der Waals surface area contributed by atoms with Gasteiger partial charge in [-0.15, -0.1) is 0 Å². The zero-order valence-corrected chi connectivity index (χ0v) is 13.3. The molecule has 0 saturated heterocycles. The van der Waals surface area contributed by atoms with Gasteiger partial charge in [-0.05, 0) is 28.1 Å².